The van der Waals surface area contributed by atoms with Crippen molar-refractivity contribution in [2.75, 3.05) is 0 Å². The number of fused-ring (bicyclic) bond motifs is 1. The third kappa shape index (κ3) is 2.45. The summed E-state index contributed by atoms with van der Waals surface area (Å²) >= 11 is 0. The first kappa shape index (κ1) is 15.6. The molecule has 2 aliphatic rings. The van der Waals surface area contributed by atoms with Gasteiger partial charge in [0.05, 0.1) is 5.56 Å². The van der Waals surface area contributed by atoms with Crippen LogP contribution in [0.15, 0.2) is 84.0 Å². The van der Waals surface area contributed by atoms with E-state index < -0.39 is 5.60 Å². The first-order chi connectivity index (χ1) is 12.1. The summed E-state index contributed by atoms with van der Waals surface area (Å²) in [6, 6.07) is 15.9. The molecule has 0 saturated carbocycles. The Kier molecular flexibility index (Phi) is 3.69. The van der Waals surface area contributed by atoms with E-state index in [9.17, 15) is 4.79 Å². The van der Waals surface area contributed by atoms with Crippen LogP contribution in [0.25, 0.3) is 0 Å². The number of carbonyl (C=O) groups excluding carboxylic acids is 1. The Balaban J connectivity index is 2.00. The van der Waals surface area contributed by atoms with E-state index in [1.807, 2.05) is 55.0 Å². The van der Waals surface area contributed by atoms with E-state index >= 15 is 0 Å². The molecule has 1 atom stereocenters. The molecular formula is C23H19O2. The van der Waals surface area contributed by atoms with Gasteiger partial charge in [0.2, 0.25) is 0 Å². The van der Waals surface area contributed by atoms with Gasteiger partial charge in [-0.2, -0.15) is 0 Å². The number of hydrogen-bond acceptors (Lipinski definition) is 2. The van der Waals surface area contributed by atoms with Gasteiger partial charge in [-0.15, -0.1) is 0 Å². The van der Waals surface area contributed by atoms with Crippen LogP contribution in [0.1, 0.15) is 34.0 Å². The van der Waals surface area contributed by atoms with Crippen molar-refractivity contribution in [3.63, 3.8) is 0 Å². The number of allylic oxidation sites excluding steroid dienone is 5. The van der Waals surface area contributed by atoms with Crippen LogP contribution in [0, 0.1) is 13.3 Å². The van der Waals surface area contributed by atoms with E-state index in [2.05, 4.69) is 38.1 Å². The fourth-order valence-corrected chi connectivity index (χ4v) is 3.47. The van der Waals surface area contributed by atoms with Crippen molar-refractivity contribution < 1.29 is 9.53 Å². The van der Waals surface area contributed by atoms with Crippen LogP contribution in [0.5, 0.6) is 0 Å². The van der Waals surface area contributed by atoms with Gasteiger partial charge >= 0.3 is 5.97 Å². The van der Waals surface area contributed by atoms with Gasteiger partial charge in [0.1, 0.15) is 0 Å². The zero-order valence-corrected chi connectivity index (χ0v) is 14.3. The summed E-state index contributed by atoms with van der Waals surface area (Å²) in [5.41, 5.74) is 4.85. The fourth-order valence-electron chi connectivity index (χ4n) is 3.47. The molecule has 2 aromatic carbocycles. The van der Waals surface area contributed by atoms with Gasteiger partial charge in [0, 0.05) is 17.5 Å². The molecule has 0 fully saturated rings. The number of aryl methyl sites for hydroxylation is 1. The molecule has 123 valence electrons. The molecule has 1 aliphatic carbocycles. The van der Waals surface area contributed by atoms with Gasteiger partial charge in [0.25, 0.3) is 0 Å². The SMILES string of the molecule is CC1=CC=C(C2(c3ccc(C)cc3)OC(=O)c3ccccc32)[CH]C=C1. The molecule has 0 saturated heterocycles. The highest BCUT2D eigenvalue weighted by Gasteiger charge is 2.49. The molecule has 4 rings (SSSR count). The van der Waals surface area contributed by atoms with E-state index in [1.54, 1.807) is 0 Å². The number of benzene rings is 2. The van der Waals surface area contributed by atoms with Gasteiger partial charge in [-0.25, -0.2) is 4.79 Å². The molecule has 0 aromatic heterocycles. The molecule has 2 nitrogen and oxygen atoms in total. The van der Waals surface area contributed by atoms with Crippen LogP contribution in [0.3, 0.4) is 0 Å². The zero-order chi connectivity index (χ0) is 17.4. The number of rotatable bonds is 2. The second-order valence-electron chi connectivity index (χ2n) is 6.54. The van der Waals surface area contributed by atoms with Crippen molar-refractivity contribution in [1.82, 2.24) is 0 Å². The number of cyclic esters (lactones) is 1. The number of carbonyl (C=O) groups is 1. The van der Waals surface area contributed by atoms with Crippen molar-refractivity contribution in [1.29, 1.82) is 0 Å². The second kappa shape index (κ2) is 5.89. The minimum Gasteiger partial charge on any atom is -0.441 e. The van der Waals surface area contributed by atoms with Gasteiger partial charge in [-0.3, -0.25) is 0 Å². The largest absolute Gasteiger partial charge is 0.441 e. The Morgan fingerprint density at radius 2 is 1.68 bits per heavy atom. The predicted molar refractivity (Wildman–Crippen MR) is 99.1 cm³/mol. The maximum atomic E-state index is 12.6. The number of hydrogen-bond donors (Lipinski definition) is 0. The third-order valence-corrected chi connectivity index (χ3v) is 4.80. The van der Waals surface area contributed by atoms with Crippen molar-refractivity contribution in [2.24, 2.45) is 0 Å². The lowest BCUT2D eigenvalue weighted by atomic mass is 9.78. The highest BCUT2D eigenvalue weighted by molar-refractivity contribution is 5.96. The minimum absolute atomic E-state index is 0.278. The van der Waals surface area contributed by atoms with Gasteiger partial charge in [0.15, 0.2) is 5.60 Å². The van der Waals surface area contributed by atoms with Crippen LogP contribution < -0.4 is 0 Å². The predicted octanol–water partition coefficient (Wildman–Crippen LogP) is 5.06. The Morgan fingerprint density at radius 3 is 2.48 bits per heavy atom. The monoisotopic (exact) mass is 327 g/mol. The smallest absolute Gasteiger partial charge is 0.340 e. The van der Waals surface area contributed by atoms with Gasteiger partial charge in [-0.05, 0) is 25.5 Å². The van der Waals surface area contributed by atoms with Crippen molar-refractivity contribution in [2.45, 2.75) is 19.4 Å². The highest BCUT2D eigenvalue weighted by atomic mass is 16.6. The first-order valence-electron chi connectivity index (χ1n) is 8.42. The lowest BCUT2D eigenvalue weighted by molar-refractivity contribution is 0.0245. The fraction of sp³-hybridized carbons (Fsp3) is 0.130. The van der Waals surface area contributed by atoms with Gasteiger partial charge in [-0.1, -0.05) is 77.9 Å². The quantitative estimate of drug-likeness (QED) is 0.721. The topological polar surface area (TPSA) is 26.3 Å². The van der Waals surface area contributed by atoms with E-state index in [-0.39, 0.29) is 5.97 Å². The molecule has 1 radical (unpaired) electrons. The summed E-state index contributed by atoms with van der Waals surface area (Å²) in [6.07, 6.45) is 10.2. The lowest BCUT2D eigenvalue weighted by Crippen LogP contribution is -2.30. The van der Waals surface area contributed by atoms with Gasteiger partial charge < -0.3 is 4.74 Å². The number of ether oxygens (including phenoxy) is 1. The molecule has 2 aromatic rings. The summed E-state index contributed by atoms with van der Waals surface area (Å²) in [5.74, 6) is -0.278. The standard InChI is InChI=1S/C23H19O2/c1-16-6-5-7-18(13-10-16)23(19-14-11-17(2)12-15-19)21-9-4-3-8-20(21)22(24)25-23/h3-15H,1-2H3. The van der Waals surface area contributed by atoms with E-state index in [0.717, 1.165) is 22.3 Å². The van der Waals surface area contributed by atoms with E-state index in [1.165, 1.54) is 5.56 Å². The third-order valence-electron chi connectivity index (χ3n) is 4.80. The second-order valence-corrected chi connectivity index (χ2v) is 6.54. The molecule has 1 unspecified atom stereocenters. The van der Waals surface area contributed by atoms with Crippen LogP contribution in [-0.4, -0.2) is 5.97 Å². The molecule has 0 spiro atoms. The first-order valence-corrected chi connectivity index (χ1v) is 8.42. The summed E-state index contributed by atoms with van der Waals surface area (Å²) < 4.78 is 6.07. The Morgan fingerprint density at radius 1 is 0.920 bits per heavy atom. The summed E-state index contributed by atoms with van der Waals surface area (Å²) in [5, 5.41) is 0. The molecular weight excluding hydrogens is 308 g/mol. The summed E-state index contributed by atoms with van der Waals surface area (Å²) in [6.45, 7) is 4.11. The van der Waals surface area contributed by atoms with Crippen LogP contribution >= 0.6 is 0 Å². The molecule has 1 heterocycles. The molecule has 0 amide bonds. The summed E-state index contributed by atoms with van der Waals surface area (Å²) in [7, 11) is 0. The van der Waals surface area contributed by atoms with E-state index in [0.29, 0.717) is 5.56 Å². The Labute approximate surface area is 148 Å². The maximum absolute atomic E-state index is 12.6. The zero-order valence-electron chi connectivity index (χ0n) is 14.3. The molecule has 2 heteroatoms. The molecule has 0 bridgehead atoms. The van der Waals surface area contributed by atoms with Crippen LogP contribution in [0.2, 0.25) is 0 Å². The van der Waals surface area contributed by atoms with Crippen LogP contribution in [-0.2, 0) is 10.3 Å². The number of esters is 1. The lowest BCUT2D eigenvalue weighted by Gasteiger charge is -2.32. The summed E-state index contributed by atoms with van der Waals surface area (Å²) in [4.78, 5) is 12.6. The molecule has 1 aliphatic heterocycles. The minimum atomic E-state index is -0.910. The Bertz CT molecular complexity index is 929. The Hall–Kier alpha value is -2.87. The van der Waals surface area contributed by atoms with Crippen molar-refractivity contribution in [3.8, 4) is 0 Å². The van der Waals surface area contributed by atoms with Crippen molar-refractivity contribution >= 4 is 5.97 Å². The van der Waals surface area contributed by atoms with E-state index in [4.69, 9.17) is 4.74 Å². The normalized spacial score (nSPS) is 21.9. The molecule has 0 N–H and O–H groups in total. The average molecular weight is 327 g/mol. The van der Waals surface area contributed by atoms with Crippen molar-refractivity contribution in [3.05, 3.63) is 113 Å². The molecule has 25 heavy (non-hydrogen) atoms. The average Bonchev–Trinajstić information content (AvgIpc) is 2.77. The highest BCUT2D eigenvalue weighted by Crippen LogP contribution is 2.48. The van der Waals surface area contributed by atoms with Crippen LogP contribution in [0.4, 0.5) is 0 Å². The maximum Gasteiger partial charge on any atom is 0.340 e.